The van der Waals surface area contributed by atoms with E-state index in [-0.39, 0.29) is 10.3 Å². The Kier molecular flexibility index (Phi) is 4.10. The lowest BCUT2D eigenvalue weighted by Gasteiger charge is -2.24. The molecular formula is C17H21NO2S. The van der Waals surface area contributed by atoms with Gasteiger partial charge in [0.05, 0.1) is 10.6 Å². The Hall–Kier alpha value is -1.81. The molecule has 0 atom stereocenters. The van der Waals surface area contributed by atoms with Crippen LogP contribution in [0.5, 0.6) is 0 Å². The third-order valence-electron chi connectivity index (χ3n) is 3.28. The van der Waals surface area contributed by atoms with Gasteiger partial charge in [-0.25, -0.2) is 8.42 Å². The summed E-state index contributed by atoms with van der Waals surface area (Å²) >= 11 is 0. The van der Waals surface area contributed by atoms with E-state index < -0.39 is 10.0 Å². The summed E-state index contributed by atoms with van der Waals surface area (Å²) in [5, 5.41) is 0. The molecule has 112 valence electrons. The smallest absolute Gasteiger partial charge is 0.261 e. The van der Waals surface area contributed by atoms with Crippen molar-refractivity contribution >= 4 is 15.7 Å². The summed E-state index contributed by atoms with van der Waals surface area (Å²) in [6.45, 7) is 8.22. The van der Waals surface area contributed by atoms with E-state index >= 15 is 0 Å². The minimum absolute atomic E-state index is 0.138. The fraction of sp³-hybridized carbons (Fsp3) is 0.294. The number of anilines is 1. The van der Waals surface area contributed by atoms with E-state index in [1.807, 2.05) is 25.1 Å². The van der Waals surface area contributed by atoms with Crippen molar-refractivity contribution in [3.05, 3.63) is 59.7 Å². The second kappa shape index (κ2) is 5.53. The number of hydrogen-bond donors (Lipinski definition) is 1. The largest absolute Gasteiger partial charge is 0.279 e. The molecule has 0 heterocycles. The van der Waals surface area contributed by atoms with Crippen LogP contribution in [0.15, 0.2) is 53.4 Å². The van der Waals surface area contributed by atoms with E-state index in [1.165, 1.54) is 0 Å². The van der Waals surface area contributed by atoms with E-state index in [9.17, 15) is 8.42 Å². The third kappa shape index (κ3) is 3.64. The summed E-state index contributed by atoms with van der Waals surface area (Å²) in [4.78, 5) is 0.269. The van der Waals surface area contributed by atoms with Crippen molar-refractivity contribution in [2.75, 3.05) is 4.72 Å². The number of benzene rings is 2. The Bertz CT molecular complexity index is 729. The quantitative estimate of drug-likeness (QED) is 0.928. The van der Waals surface area contributed by atoms with Gasteiger partial charge in [-0.05, 0) is 36.1 Å². The van der Waals surface area contributed by atoms with E-state index in [0.29, 0.717) is 5.69 Å². The Morgan fingerprint density at radius 1 is 0.952 bits per heavy atom. The van der Waals surface area contributed by atoms with Gasteiger partial charge in [0.15, 0.2) is 0 Å². The van der Waals surface area contributed by atoms with E-state index in [1.54, 1.807) is 30.3 Å². The fourth-order valence-electron chi connectivity index (χ4n) is 2.17. The van der Waals surface area contributed by atoms with E-state index in [4.69, 9.17) is 0 Å². The number of aryl methyl sites for hydroxylation is 1. The second-order valence-electron chi connectivity index (χ2n) is 6.22. The van der Waals surface area contributed by atoms with E-state index in [2.05, 4.69) is 25.5 Å². The standard InChI is InChI=1S/C17H21NO2S/c1-13-10-11-16(15(12-13)17(2,3)4)18-21(19,20)14-8-6-5-7-9-14/h5-12,18H,1-4H3. The van der Waals surface area contributed by atoms with Crippen LogP contribution in [-0.4, -0.2) is 8.42 Å². The molecule has 0 bridgehead atoms. The molecule has 3 nitrogen and oxygen atoms in total. The zero-order valence-corrected chi connectivity index (χ0v) is 13.7. The van der Waals surface area contributed by atoms with Crippen molar-refractivity contribution in [1.29, 1.82) is 0 Å². The van der Waals surface area contributed by atoms with Crippen molar-refractivity contribution in [2.24, 2.45) is 0 Å². The van der Waals surface area contributed by atoms with Gasteiger partial charge in [0.25, 0.3) is 10.0 Å². The van der Waals surface area contributed by atoms with Crippen LogP contribution in [0.3, 0.4) is 0 Å². The number of nitrogens with one attached hydrogen (secondary N) is 1. The molecule has 0 radical (unpaired) electrons. The maximum absolute atomic E-state index is 12.5. The molecular weight excluding hydrogens is 282 g/mol. The lowest BCUT2D eigenvalue weighted by molar-refractivity contribution is 0.589. The zero-order chi connectivity index (χ0) is 15.7. The summed E-state index contributed by atoms with van der Waals surface area (Å²) in [5.41, 5.74) is 2.60. The summed E-state index contributed by atoms with van der Waals surface area (Å²) in [7, 11) is -3.56. The number of rotatable bonds is 3. The van der Waals surface area contributed by atoms with Crippen molar-refractivity contribution in [2.45, 2.75) is 38.0 Å². The average Bonchev–Trinajstić information content (AvgIpc) is 2.40. The molecule has 0 aliphatic carbocycles. The second-order valence-corrected chi connectivity index (χ2v) is 7.90. The maximum atomic E-state index is 12.5. The molecule has 0 fully saturated rings. The lowest BCUT2D eigenvalue weighted by Crippen LogP contribution is -2.19. The predicted octanol–water partition coefficient (Wildman–Crippen LogP) is 4.09. The molecule has 0 amide bonds. The van der Waals surface area contributed by atoms with Gasteiger partial charge < -0.3 is 0 Å². The van der Waals surface area contributed by atoms with Crippen molar-refractivity contribution in [3.63, 3.8) is 0 Å². The third-order valence-corrected chi connectivity index (χ3v) is 4.66. The Balaban J connectivity index is 2.45. The summed E-state index contributed by atoms with van der Waals surface area (Å²) in [5.74, 6) is 0. The molecule has 0 saturated carbocycles. The van der Waals surface area contributed by atoms with Crippen LogP contribution in [0.2, 0.25) is 0 Å². The molecule has 1 N–H and O–H groups in total. The van der Waals surface area contributed by atoms with Gasteiger partial charge >= 0.3 is 0 Å². The first-order chi connectivity index (χ1) is 9.70. The van der Waals surface area contributed by atoms with Gasteiger partial charge in [0.2, 0.25) is 0 Å². The van der Waals surface area contributed by atoms with Crippen LogP contribution >= 0.6 is 0 Å². The lowest BCUT2D eigenvalue weighted by atomic mass is 9.85. The van der Waals surface area contributed by atoms with Crippen LogP contribution in [0.25, 0.3) is 0 Å². The summed E-state index contributed by atoms with van der Waals surface area (Å²) < 4.78 is 27.6. The molecule has 0 spiro atoms. The molecule has 0 unspecified atom stereocenters. The van der Waals surface area contributed by atoms with Crippen LogP contribution in [0, 0.1) is 6.92 Å². The molecule has 0 aliphatic rings. The van der Waals surface area contributed by atoms with Gasteiger partial charge in [-0.3, -0.25) is 4.72 Å². The predicted molar refractivity (Wildman–Crippen MR) is 87.1 cm³/mol. The van der Waals surface area contributed by atoms with Gasteiger partial charge in [-0.1, -0.05) is 56.7 Å². The van der Waals surface area contributed by atoms with Gasteiger partial charge in [-0.2, -0.15) is 0 Å². The van der Waals surface area contributed by atoms with Crippen molar-refractivity contribution in [3.8, 4) is 0 Å². The molecule has 2 aromatic carbocycles. The van der Waals surface area contributed by atoms with Crippen molar-refractivity contribution < 1.29 is 8.42 Å². The van der Waals surface area contributed by atoms with Crippen LogP contribution in [0.1, 0.15) is 31.9 Å². The highest BCUT2D eigenvalue weighted by atomic mass is 32.2. The number of sulfonamides is 1. The van der Waals surface area contributed by atoms with Gasteiger partial charge in [0.1, 0.15) is 0 Å². The summed E-state index contributed by atoms with van der Waals surface area (Å²) in [6, 6.07) is 14.2. The Morgan fingerprint density at radius 3 is 2.14 bits per heavy atom. The monoisotopic (exact) mass is 303 g/mol. The van der Waals surface area contributed by atoms with Crippen LogP contribution < -0.4 is 4.72 Å². The van der Waals surface area contributed by atoms with Crippen molar-refractivity contribution in [1.82, 2.24) is 0 Å². The molecule has 0 aromatic heterocycles. The first-order valence-corrected chi connectivity index (χ1v) is 8.37. The molecule has 4 heteroatoms. The Labute approximate surface area is 127 Å². The normalized spacial score (nSPS) is 12.2. The van der Waals surface area contributed by atoms with E-state index in [0.717, 1.165) is 11.1 Å². The topological polar surface area (TPSA) is 46.2 Å². The first kappa shape index (κ1) is 15.6. The minimum atomic E-state index is -3.56. The molecule has 2 rings (SSSR count). The zero-order valence-electron chi connectivity index (χ0n) is 12.8. The molecule has 21 heavy (non-hydrogen) atoms. The van der Waals surface area contributed by atoms with Crippen LogP contribution in [0.4, 0.5) is 5.69 Å². The summed E-state index contributed by atoms with van der Waals surface area (Å²) in [6.07, 6.45) is 0. The fourth-order valence-corrected chi connectivity index (χ4v) is 3.27. The van der Waals surface area contributed by atoms with Crippen LogP contribution in [-0.2, 0) is 15.4 Å². The molecule has 2 aromatic rings. The van der Waals surface area contributed by atoms with Gasteiger partial charge in [0, 0.05) is 0 Å². The molecule has 0 saturated heterocycles. The molecule has 0 aliphatic heterocycles. The Morgan fingerprint density at radius 2 is 1.57 bits per heavy atom. The highest BCUT2D eigenvalue weighted by molar-refractivity contribution is 7.92. The maximum Gasteiger partial charge on any atom is 0.261 e. The number of hydrogen-bond acceptors (Lipinski definition) is 2. The SMILES string of the molecule is Cc1ccc(NS(=O)(=O)c2ccccc2)c(C(C)(C)C)c1. The minimum Gasteiger partial charge on any atom is -0.279 e. The van der Waals surface area contributed by atoms with Gasteiger partial charge in [-0.15, -0.1) is 0 Å². The first-order valence-electron chi connectivity index (χ1n) is 6.89. The average molecular weight is 303 g/mol. The highest BCUT2D eigenvalue weighted by Gasteiger charge is 2.22. The highest BCUT2D eigenvalue weighted by Crippen LogP contribution is 2.31.